The second-order valence-electron chi connectivity index (χ2n) is 9.56. The van der Waals surface area contributed by atoms with Gasteiger partial charge in [-0.3, -0.25) is 14.8 Å². The lowest BCUT2D eigenvalue weighted by Crippen LogP contribution is -2.31. The molecule has 3 aromatic rings. The quantitative estimate of drug-likeness (QED) is 0.151. The predicted octanol–water partition coefficient (Wildman–Crippen LogP) is 5.38. The molecule has 0 radical (unpaired) electrons. The zero-order valence-electron chi connectivity index (χ0n) is 23.0. The van der Waals surface area contributed by atoms with Crippen LogP contribution in [0.1, 0.15) is 68.7 Å². The molecule has 4 rings (SSSR count). The van der Waals surface area contributed by atoms with Crippen molar-refractivity contribution in [2.24, 2.45) is 4.99 Å². The van der Waals surface area contributed by atoms with Crippen LogP contribution in [0.15, 0.2) is 34.5 Å². The Kier molecular flexibility index (Phi) is 9.04. The summed E-state index contributed by atoms with van der Waals surface area (Å²) >= 11 is 1.74. The van der Waals surface area contributed by atoms with Crippen molar-refractivity contribution in [1.29, 1.82) is 0 Å². The smallest absolute Gasteiger partial charge is 0.185 e. The summed E-state index contributed by atoms with van der Waals surface area (Å²) in [5.41, 5.74) is 4.96. The number of nitrogens with zero attached hydrogens (tertiary/aromatic N) is 7. The number of thioether (sulfide) groups is 1. The van der Waals surface area contributed by atoms with Crippen LogP contribution in [0.3, 0.4) is 0 Å². The number of aliphatic imine (C=N–C) groups is 1. The van der Waals surface area contributed by atoms with E-state index in [2.05, 4.69) is 50.9 Å². The Morgan fingerprint density at radius 1 is 1.18 bits per heavy atom. The van der Waals surface area contributed by atoms with Crippen molar-refractivity contribution in [3.63, 3.8) is 0 Å². The van der Waals surface area contributed by atoms with Crippen LogP contribution in [-0.4, -0.2) is 55.9 Å². The zero-order chi connectivity index (χ0) is 27.2. The minimum Gasteiger partial charge on any atom is -0.355 e. The average Bonchev–Trinajstić information content (AvgIpc) is 3.77. The molecule has 1 N–H and O–H groups in total. The largest absolute Gasteiger partial charge is 0.355 e. The highest BCUT2D eigenvalue weighted by molar-refractivity contribution is 7.99. The molecule has 38 heavy (non-hydrogen) atoms. The van der Waals surface area contributed by atoms with Crippen LogP contribution in [0.25, 0.3) is 11.4 Å². The Labute approximate surface area is 229 Å². The Morgan fingerprint density at radius 3 is 2.61 bits per heavy atom. The third kappa shape index (κ3) is 6.35. The predicted molar refractivity (Wildman–Crippen MR) is 154 cm³/mol. The summed E-state index contributed by atoms with van der Waals surface area (Å²) in [6.07, 6.45) is 7.36. The van der Waals surface area contributed by atoms with Gasteiger partial charge in [0.25, 0.3) is 0 Å². The summed E-state index contributed by atoms with van der Waals surface area (Å²) in [6, 6.07) is 4.19. The molecular weight excluding hydrogens is 496 g/mol. The third-order valence-electron chi connectivity index (χ3n) is 6.80. The van der Waals surface area contributed by atoms with Crippen molar-refractivity contribution in [2.75, 3.05) is 23.0 Å². The zero-order valence-corrected chi connectivity index (χ0v) is 23.8. The summed E-state index contributed by atoms with van der Waals surface area (Å²) in [5.74, 6) is 2.94. The number of anilines is 2. The van der Waals surface area contributed by atoms with Gasteiger partial charge < -0.3 is 10.2 Å². The lowest BCUT2D eigenvalue weighted by molar-refractivity contribution is -0.102. The first kappa shape index (κ1) is 27.6. The number of aromatic nitrogens is 5. The minimum atomic E-state index is 0.204. The van der Waals surface area contributed by atoms with Gasteiger partial charge in [-0.05, 0) is 57.9 Å². The van der Waals surface area contributed by atoms with Crippen LogP contribution in [0, 0.1) is 13.8 Å². The van der Waals surface area contributed by atoms with Crippen LogP contribution in [0.4, 0.5) is 11.5 Å². The van der Waals surface area contributed by atoms with E-state index < -0.39 is 0 Å². The molecule has 9 nitrogen and oxygen atoms in total. The highest BCUT2D eigenvalue weighted by atomic mass is 32.2. The first-order valence-corrected chi connectivity index (χ1v) is 14.1. The van der Waals surface area contributed by atoms with E-state index in [0.717, 1.165) is 64.5 Å². The molecule has 1 atom stereocenters. The molecule has 0 spiro atoms. The number of rotatable bonds is 11. The number of aldehydes is 1. The van der Waals surface area contributed by atoms with Gasteiger partial charge in [-0.25, -0.2) is 19.9 Å². The second kappa shape index (κ2) is 12.4. The molecular formula is C28H36N8OS. The van der Waals surface area contributed by atoms with Crippen molar-refractivity contribution in [3.05, 3.63) is 47.4 Å². The van der Waals surface area contributed by atoms with Crippen LogP contribution in [0.5, 0.6) is 0 Å². The lowest BCUT2D eigenvalue weighted by atomic mass is 10.1. The molecule has 1 fully saturated rings. The molecule has 0 saturated heterocycles. The number of carbonyl (C=O) groups is 1. The maximum atomic E-state index is 12.0. The number of hydrogen-bond donors (Lipinski definition) is 1. The van der Waals surface area contributed by atoms with Gasteiger partial charge in [-0.15, -0.1) is 11.8 Å². The third-order valence-corrected chi connectivity index (χ3v) is 7.66. The van der Waals surface area contributed by atoms with Gasteiger partial charge in [0.05, 0.1) is 34.9 Å². The van der Waals surface area contributed by atoms with Crippen LogP contribution >= 0.6 is 11.8 Å². The second-order valence-corrected chi connectivity index (χ2v) is 10.9. The maximum absolute atomic E-state index is 12.0. The molecule has 3 heterocycles. The maximum Gasteiger partial charge on any atom is 0.185 e. The molecule has 0 aromatic carbocycles. The topological polar surface area (TPSA) is 109 Å². The molecule has 1 aliphatic rings. The van der Waals surface area contributed by atoms with Crippen molar-refractivity contribution in [3.8, 4) is 11.4 Å². The van der Waals surface area contributed by atoms with E-state index in [1.807, 2.05) is 39.2 Å². The van der Waals surface area contributed by atoms with E-state index in [9.17, 15) is 4.79 Å². The summed E-state index contributed by atoms with van der Waals surface area (Å²) in [7, 11) is 2.01. The minimum absolute atomic E-state index is 0.204. The molecule has 1 aliphatic carbocycles. The van der Waals surface area contributed by atoms with Gasteiger partial charge in [-0.2, -0.15) is 0 Å². The fraction of sp³-hybridized carbons (Fsp3) is 0.464. The molecule has 200 valence electrons. The van der Waals surface area contributed by atoms with Crippen molar-refractivity contribution in [1.82, 2.24) is 24.9 Å². The molecule has 1 saturated carbocycles. The van der Waals surface area contributed by atoms with Crippen LogP contribution < -0.4 is 10.2 Å². The monoisotopic (exact) mass is 532 g/mol. The molecule has 1 unspecified atom stereocenters. The first-order valence-electron chi connectivity index (χ1n) is 13.1. The first-order chi connectivity index (χ1) is 18.4. The molecule has 0 amide bonds. The van der Waals surface area contributed by atoms with E-state index in [0.29, 0.717) is 23.2 Å². The standard InChI is InChI=1S/C28H36N8OS/c1-7-17(3)36(6)28-25(34-23(15-37)30-13-21-11-12-22(14-29-21)38-8-2)19(5)33-27(35-28)24-18(4)31-16-32-26(24)20-9-10-20/h11-12,14-17,20H,7-10,13H2,1-6H3,(H,30,34). The number of pyridine rings is 1. The summed E-state index contributed by atoms with van der Waals surface area (Å²) in [6.45, 7) is 10.6. The fourth-order valence-electron chi connectivity index (χ4n) is 4.15. The number of carbonyl (C=O) groups excluding carboxylic acids is 1. The van der Waals surface area contributed by atoms with E-state index >= 15 is 0 Å². The average molecular weight is 533 g/mol. The highest BCUT2D eigenvalue weighted by Crippen LogP contribution is 2.44. The van der Waals surface area contributed by atoms with E-state index in [1.54, 1.807) is 18.1 Å². The van der Waals surface area contributed by atoms with Gasteiger partial charge in [0.2, 0.25) is 0 Å². The Morgan fingerprint density at radius 2 is 1.97 bits per heavy atom. The summed E-state index contributed by atoms with van der Waals surface area (Å²) in [5, 5.41) is 3.22. The summed E-state index contributed by atoms with van der Waals surface area (Å²) in [4.78, 5) is 43.2. The Bertz CT molecular complexity index is 1310. The number of hydrogen-bond acceptors (Lipinski definition) is 9. The van der Waals surface area contributed by atoms with E-state index in [1.165, 1.54) is 0 Å². The van der Waals surface area contributed by atoms with Gasteiger partial charge in [0.1, 0.15) is 12.0 Å². The van der Waals surface area contributed by atoms with Crippen molar-refractivity contribution in [2.45, 2.75) is 77.3 Å². The fourth-order valence-corrected chi connectivity index (χ4v) is 4.77. The van der Waals surface area contributed by atoms with Gasteiger partial charge in [0, 0.05) is 30.1 Å². The van der Waals surface area contributed by atoms with Crippen LogP contribution in [0.2, 0.25) is 0 Å². The summed E-state index contributed by atoms with van der Waals surface area (Å²) < 4.78 is 0. The Balaban J connectivity index is 1.70. The van der Waals surface area contributed by atoms with Gasteiger partial charge in [0.15, 0.2) is 23.8 Å². The van der Waals surface area contributed by atoms with E-state index in [-0.39, 0.29) is 18.4 Å². The van der Waals surface area contributed by atoms with Crippen molar-refractivity contribution < 1.29 is 4.79 Å². The lowest BCUT2D eigenvalue weighted by Gasteiger charge is -2.28. The Hall–Kier alpha value is -3.40. The van der Waals surface area contributed by atoms with Crippen molar-refractivity contribution >= 4 is 35.4 Å². The van der Waals surface area contributed by atoms with Gasteiger partial charge >= 0.3 is 0 Å². The highest BCUT2D eigenvalue weighted by Gasteiger charge is 2.31. The molecule has 0 bridgehead atoms. The number of nitrogens with one attached hydrogen (secondary N) is 1. The number of amidine groups is 1. The molecule has 10 heteroatoms. The number of aryl methyl sites for hydroxylation is 2. The normalized spacial score (nSPS) is 14.3. The van der Waals surface area contributed by atoms with E-state index in [4.69, 9.17) is 9.97 Å². The van der Waals surface area contributed by atoms with Crippen LogP contribution in [-0.2, 0) is 11.3 Å². The molecule has 0 aliphatic heterocycles. The van der Waals surface area contributed by atoms with Gasteiger partial charge in [-0.1, -0.05) is 13.8 Å². The SMILES string of the molecule is CCSc1ccc(CN=C(C=O)Nc2c(C)nc(-c3c(C)ncnc3C3CC3)nc2N(C)C(C)CC)nc1. The molecule has 3 aromatic heterocycles.